The van der Waals surface area contributed by atoms with Crippen LogP contribution in [0.2, 0.25) is 10.0 Å². The van der Waals surface area contributed by atoms with Crippen LogP contribution < -0.4 is 5.32 Å². The molecule has 2 amide bonds. The quantitative estimate of drug-likeness (QED) is 0.704. The standard InChI is InChI=1S/C18H18Cl2N2OS/c1-11-3-5-14(9-12(11)2)21-18(23)22-7-8-24-17(22)15-6-4-13(19)10-16(15)20/h3-6,9-10,17H,7-8H2,1-2H3,(H,21,23)/t17-/m1/s1. The summed E-state index contributed by atoms with van der Waals surface area (Å²) >= 11 is 14.0. The Labute approximate surface area is 156 Å². The van der Waals surface area contributed by atoms with Crippen LogP contribution in [0.4, 0.5) is 10.5 Å². The molecule has 0 aliphatic carbocycles. The van der Waals surface area contributed by atoms with Crippen molar-refractivity contribution in [1.82, 2.24) is 4.90 Å². The Kier molecular flexibility index (Phi) is 5.28. The Morgan fingerprint density at radius 3 is 2.67 bits per heavy atom. The SMILES string of the molecule is Cc1ccc(NC(=O)N2CCS[C@@H]2c2ccc(Cl)cc2Cl)cc1C. The zero-order chi connectivity index (χ0) is 17.3. The van der Waals surface area contributed by atoms with E-state index in [9.17, 15) is 4.79 Å². The third kappa shape index (κ3) is 3.66. The number of amides is 2. The van der Waals surface area contributed by atoms with Crippen LogP contribution in [0, 0.1) is 13.8 Å². The van der Waals surface area contributed by atoms with Crippen LogP contribution in [0.25, 0.3) is 0 Å². The minimum atomic E-state index is -0.112. The highest BCUT2D eigenvalue weighted by atomic mass is 35.5. The highest BCUT2D eigenvalue weighted by molar-refractivity contribution is 7.99. The van der Waals surface area contributed by atoms with Crippen molar-refractivity contribution in [2.45, 2.75) is 19.2 Å². The van der Waals surface area contributed by atoms with E-state index >= 15 is 0 Å². The number of carbonyl (C=O) groups is 1. The second-order valence-electron chi connectivity index (χ2n) is 5.81. The van der Waals surface area contributed by atoms with Gasteiger partial charge in [0, 0.05) is 33.6 Å². The van der Waals surface area contributed by atoms with Crippen LogP contribution in [0.15, 0.2) is 36.4 Å². The van der Waals surface area contributed by atoms with Gasteiger partial charge in [-0.05, 0) is 49.2 Å². The molecule has 0 saturated carbocycles. The van der Waals surface area contributed by atoms with Gasteiger partial charge in [0.1, 0.15) is 5.37 Å². The van der Waals surface area contributed by atoms with Gasteiger partial charge in [-0.3, -0.25) is 0 Å². The molecule has 0 aromatic heterocycles. The van der Waals surface area contributed by atoms with Crippen molar-refractivity contribution < 1.29 is 4.79 Å². The Hall–Kier alpha value is -1.36. The summed E-state index contributed by atoms with van der Waals surface area (Å²) in [4.78, 5) is 14.5. The number of nitrogens with one attached hydrogen (secondary N) is 1. The van der Waals surface area contributed by atoms with E-state index in [0.717, 1.165) is 22.6 Å². The van der Waals surface area contributed by atoms with Crippen molar-refractivity contribution in [2.24, 2.45) is 0 Å². The minimum absolute atomic E-state index is 0.0960. The lowest BCUT2D eigenvalue weighted by molar-refractivity contribution is 0.214. The summed E-state index contributed by atoms with van der Waals surface area (Å²) in [6.07, 6.45) is 0. The zero-order valence-electron chi connectivity index (χ0n) is 13.5. The molecule has 3 nitrogen and oxygen atoms in total. The molecule has 0 spiro atoms. The normalized spacial score (nSPS) is 17.2. The van der Waals surface area contributed by atoms with Crippen molar-refractivity contribution in [2.75, 3.05) is 17.6 Å². The fraction of sp³-hybridized carbons (Fsp3) is 0.278. The van der Waals surface area contributed by atoms with Gasteiger partial charge in [-0.2, -0.15) is 0 Å². The maximum Gasteiger partial charge on any atom is 0.323 e. The van der Waals surface area contributed by atoms with Crippen molar-refractivity contribution in [3.8, 4) is 0 Å². The highest BCUT2D eigenvalue weighted by Gasteiger charge is 2.32. The van der Waals surface area contributed by atoms with Crippen molar-refractivity contribution in [1.29, 1.82) is 0 Å². The first-order chi connectivity index (χ1) is 11.5. The van der Waals surface area contributed by atoms with Gasteiger partial charge < -0.3 is 10.2 Å². The summed E-state index contributed by atoms with van der Waals surface area (Å²) in [5, 5.41) is 4.08. The second kappa shape index (κ2) is 7.26. The van der Waals surface area contributed by atoms with Crippen LogP contribution in [0.1, 0.15) is 22.1 Å². The topological polar surface area (TPSA) is 32.3 Å². The number of anilines is 1. The number of hydrogen-bond donors (Lipinski definition) is 1. The minimum Gasteiger partial charge on any atom is -0.308 e. The van der Waals surface area contributed by atoms with E-state index in [1.165, 1.54) is 5.56 Å². The molecule has 1 saturated heterocycles. The van der Waals surface area contributed by atoms with E-state index in [4.69, 9.17) is 23.2 Å². The number of nitrogens with zero attached hydrogens (tertiary/aromatic N) is 1. The van der Waals surface area contributed by atoms with Crippen LogP contribution in [-0.2, 0) is 0 Å². The summed E-state index contributed by atoms with van der Waals surface area (Å²) in [5.74, 6) is 0.879. The van der Waals surface area contributed by atoms with Gasteiger partial charge >= 0.3 is 6.03 Å². The van der Waals surface area contributed by atoms with Crippen molar-refractivity contribution in [3.63, 3.8) is 0 Å². The predicted molar refractivity (Wildman–Crippen MR) is 103 cm³/mol. The maximum absolute atomic E-state index is 12.7. The lowest BCUT2D eigenvalue weighted by atomic mass is 10.1. The van der Waals surface area contributed by atoms with E-state index in [1.807, 2.05) is 36.1 Å². The Morgan fingerprint density at radius 1 is 1.17 bits per heavy atom. The van der Waals surface area contributed by atoms with Crippen LogP contribution in [0.3, 0.4) is 0 Å². The molecule has 1 N–H and O–H groups in total. The van der Waals surface area contributed by atoms with E-state index in [0.29, 0.717) is 16.6 Å². The molecule has 2 aromatic carbocycles. The van der Waals surface area contributed by atoms with Gasteiger partial charge in [0.15, 0.2) is 0 Å². The average Bonchev–Trinajstić information content (AvgIpc) is 3.00. The highest BCUT2D eigenvalue weighted by Crippen LogP contribution is 2.41. The number of rotatable bonds is 2. The summed E-state index contributed by atoms with van der Waals surface area (Å²) in [7, 11) is 0. The number of halogens is 2. The Bertz CT molecular complexity index is 782. The Balaban J connectivity index is 1.79. The van der Waals surface area contributed by atoms with E-state index < -0.39 is 0 Å². The first kappa shape index (κ1) is 17.5. The molecule has 3 rings (SSSR count). The third-order valence-corrected chi connectivity index (χ3v) is 5.94. The van der Waals surface area contributed by atoms with Crippen LogP contribution >= 0.6 is 35.0 Å². The molecule has 0 bridgehead atoms. The third-order valence-electron chi connectivity index (χ3n) is 4.14. The maximum atomic E-state index is 12.7. The molecule has 0 radical (unpaired) electrons. The van der Waals surface area contributed by atoms with Gasteiger partial charge in [-0.15, -0.1) is 11.8 Å². The first-order valence-corrected chi connectivity index (χ1v) is 9.47. The largest absolute Gasteiger partial charge is 0.323 e. The molecular weight excluding hydrogens is 363 g/mol. The zero-order valence-corrected chi connectivity index (χ0v) is 15.8. The molecule has 1 aliphatic rings. The fourth-order valence-corrected chi connectivity index (χ4v) is 4.52. The molecule has 24 heavy (non-hydrogen) atoms. The number of benzene rings is 2. The van der Waals surface area contributed by atoms with Crippen molar-refractivity contribution in [3.05, 3.63) is 63.1 Å². The van der Waals surface area contributed by atoms with Crippen molar-refractivity contribution >= 4 is 46.7 Å². The summed E-state index contributed by atoms with van der Waals surface area (Å²) < 4.78 is 0. The van der Waals surface area contributed by atoms with Gasteiger partial charge in [-0.25, -0.2) is 4.79 Å². The molecule has 1 aliphatic heterocycles. The molecule has 6 heteroatoms. The first-order valence-electron chi connectivity index (χ1n) is 7.67. The monoisotopic (exact) mass is 380 g/mol. The summed E-state index contributed by atoms with van der Waals surface area (Å²) in [6.45, 7) is 4.77. The van der Waals surface area contributed by atoms with E-state index in [1.54, 1.807) is 23.9 Å². The fourth-order valence-electron chi connectivity index (χ4n) is 2.65. The molecule has 126 valence electrons. The number of thioether (sulfide) groups is 1. The van der Waals surface area contributed by atoms with Gasteiger partial charge in [-0.1, -0.05) is 35.3 Å². The number of carbonyl (C=O) groups excluding carboxylic acids is 1. The van der Waals surface area contributed by atoms with Gasteiger partial charge in [0.25, 0.3) is 0 Å². The number of aryl methyl sites for hydroxylation is 2. The molecule has 1 fully saturated rings. The van der Waals surface area contributed by atoms with Gasteiger partial charge in [0.05, 0.1) is 0 Å². The smallest absolute Gasteiger partial charge is 0.308 e. The molecule has 0 unspecified atom stereocenters. The lowest BCUT2D eigenvalue weighted by Gasteiger charge is -2.25. The summed E-state index contributed by atoms with van der Waals surface area (Å²) in [6, 6.07) is 11.2. The molecule has 1 atom stereocenters. The van der Waals surface area contributed by atoms with E-state index in [2.05, 4.69) is 12.2 Å². The van der Waals surface area contributed by atoms with E-state index in [-0.39, 0.29) is 11.4 Å². The summed E-state index contributed by atoms with van der Waals surface area (Å²) in [5.41, 5.74) is 4.08. The molecule has 2 aromatic rings. The van der Waals surface area contributed by atoms with Gasteiger partial charge in [0.2, 0.25) is 0 Å². The van der Waals surface area contributed by atoms with Crippen LogP contribution in [-0.4, -0.2) is 23.2 Å². The Morgan fingerprint density at radius 2 is 1.96 bits per heavy atom. The predicted octanol–water partition coefficient (Wildman–Crippen LogP) is 5.89. The average molecular weight is 381 g/mol. The second-order valence-corrected chi connectivity index (χ2v) is 7.84. The van der Waals surface area contributed by atoms with Crippen LogP contribution in [0.5, 0.6) is 0 Å². The number of urea groups is 1. The number of hydrogen-bond acceptors (Lipinski definition) is 2. The molecular formula is C18H18Cl2N2OS. The molecule has 1 heterocycles. The lowest BCUT2D eigenvalue weighted by Crippen LogP contribution is -2.34.